The molecule has 0 fully saturated rings. The zero-order chi connectivity index (χ0) is 12.6. The van der Waals surface area contributed by atoms with E-state index in [9.17, 15) is 0 Å². The van der Waals surface area contributed by atoms with Crippen LogP contribution in [0, 0.1) is 0 Å². The third kappa shape index (κ3) is 3.92. The fourth-order valence-corrected chi connectivity index (χ4v) is 2.21. The summed E-state index contributed by atoms with van der Waals surface area (Å²) in [6, 6.07) is 8.03. The van der Waals surface area contributed by atoms with E-state index in [1.807, 2.05) is 12.1 Å². The second-order valence-electron chi connectivity index (χ2n) is 3.76. The number of nitrogens with one attached hydrogen (secondary N) is 2. The standard InChI is InChI=1S/C13H17N3OS/c1-14-13(16-10-12-5-3-9-18-12)15-7-6-11-4-2-8-17-11/h2-5,8-9H,6-7,10H2,1H3,(H2,14,15,16). The highest BCUT2D eigenvalue weighted by Gasteiger charge is 2.00. The van der Waals surface area contributed by atoms with Crippen molar-refractivity contribution in [1.82, 2.24) is 10.6 Å². The third-order valence-electron chi connectivity index (χ3n) is 2.48. The van der Waals surface area contributed by atoms with Crippen LogP contribution < -0.4 is 10.6 Å². The molecule has 96 valence electrons. The average molecular weight is 263 g/mol. The minimum atomic E-state index is 0.803. The molecule has 4 nitrogen and oxygen atoms in total. The van der Waals surface area contributed by atoms with Gasteiger partial charge in [0.2, 0.25) is 0 Å². The van der Waals surface area contributed by atoms with E-state index in [4.69, 9.17) is 4.42 Å². The Morgan fingerprint density at radius 3 is 2.94 bits per heavy atom. The number of hydrogen-bond donors (Lipinski definition) is 2. The van der Waals surface area contributed by atoms with Crippen molar-refractivity contribution in [2.45, 2.75) is 13.0 Å². The van der Waals surface area contributed by atoms with Gasteiger partial charge in [0.25, 0.3) is 0 Å². The molecule has 0 spiro atoms. The summed E-state index contributed by atoms with van der Waals surface area (Å²) in [6.45, 7) is 1.61. The van der Waals surface area contributed by atoms with Crippen LogP contribution in [0.1, 0.15) is 10.6 Å². The van der Waals surface area contributed by atoms with Gasteiger partial charge in [0.15, 0.2) is 5.96 Å². The van der Waals surface area contributed by atoms with Gasteiger partial charge in [-0.1, -0.05) is 6.07 Å². The van der Waals surface area contributed by atoms with E-state index >= 15 is 0 Å². The van der Waals surface area contributed by atoms with Crippen LogP contribution in [0.15, 0.2) is 45.3 Å². The molecule has 0 saturated carbocycles. The molecule has 2 aromatic heterocycles. The summed E-state index contributed by atoms with van der Waals surface area (Å²) in [7, 11) is 1.77. The molecule has 0 aliphatic carbocycles. The second kappa shape index (κ2) is 6.86. The molecule has 0 unspecified atom stereocenters. The normalized spacial score (nSPS) is 11.5. The Hall–Kier alpha value is -1.75. The molecule has 2 heterocycles. The van der Waals surface area contributed by atoms with E-state index in [2.05, 4.69) is 33.1 Å². The first-order valence-electron chi connectivity index (χ1n) is 5.88. The van der Waals surface area contributed by atoms with E-state index in [1.165, 1.54) is 4.88 Å². The van der Waals surface area contributed by atoms with Crippen molar-refractivity contribution in [3.63, 3.8) is 0 Å². The van der Waals surface area contributed by atoms with Gasteiger partial charge >= 0.3 is 0 Å². The van der Waals surface area contributed by atoms with Crippen molar-refractivity contribution < 1.29 is 4.42 Å². The smallest absolute Gasteiger partial charge is 0.191 e. The molecule has 2 N–H and O–H groups in total. The molecule has 0 bridgehead atoms. The lowest BCUT2D eigenvalue weighted by atomic mass is 10.3. The van der Waals surface area contributed by atoms with Crippen LogP contribution in [0.3, 0.4) is 0 Å². The summed E-state index contributed by atoms with van der Waals surface area (Å²) < 4.78 is 5.27. The maximum atomic E-state index is 5.27. The number of guanidine groups is 1. The molecule has 0 atom stereocenters. The first kappa shape index (κ1) is 12.7. The molecule has 0 saturated heterocycles. The number of nitrogens with zero attached hydrogens (tertiary/aromatic N) is 1. The van der Waals surface area contributed by atoms with Gasteiger partial charge in [-0.05, 0) is 23.6 Å². The van der Waals surface area contributed by atoms with Gasteiger partial charge in [-0.2, -0.15) is 0 Å². The van der Waals surface area contributed by atoms with Crippen molar-refractivity contribution in [3.05, 3.63) is 46.5 Å². The lowest BCUT2D eigenvalue weighted by Gasteiger charge is -2.10. The first-order valence-corrected chi connectivity index (χ1v) is 6.76. The zero-order valence-electron chi connectivity index (χ0n) is 10.3. The Labute approximate surface area is 111 Å². The molecule has 0 amide bonds. The van der Waals surface area contributed by atoms with Gasteiger partial charge in [-0.15, -0.1) is 11.3 Å². The SMILES string of the molecule is CN=C(NCCc1ccco1)NCc1cccs1. The van der Waals surface area contributed by atoms with Crippen LogP contribution in [-0.2, 0) is 13.0 Å². The highest BCUT2D eigenvalue weighted by molar-refractivity contribution is 7.09. The summed E-state index contributed by atoms with van der Waals surface area (Å²) in [5.41, 5.74) is 0. The van der Waals surface area contributed by atoms with E-state index < -0.39 is 0 Å². The van der Waals surface area contributed by atoms with Crippen LogP contribution >= 0.6 is 11.3 Å². The number of rotatable bonds is 5. The molecule has 0 aromatic carbocycles. The monoisotopic (exact) mass is 263 g/mol. The molecule has 18 heavy (non-hydrogen) atoms. The summed E-state index contributed by atoms with van der Waals surface area (Å²) in [5, 5.41) is 8.60. The van der Waals surface area contributed by atoms with Crippen molar-refractivity contribution in [1.29, 1.82) is 0 Å². The van der Waals surface area contributed by atoms with E-state index in [0.717, 1.165) is 31.2 Å². The van der Waals surface area contributed by atoms with E-state index in [0.29, 0.717) is 0 Å². The summed E-state index contributed by atoms with van der Waals surface area (Å²) in [5.74, 6) is 1.80. The molecular formula is C13H17N3OS. The molecule has 0 aliphatic rings. The largest absolute Gasteiger partial charge is 0.469 e. The Morgan fingerprint density at radius 2 is 2.28 bits per heavy atom. The van der Waals surface area contributed by atoms with Gasteiger partial charge in [0, 0.05) is 24.9 Å². The minimum absolute atomic E-state index is 0.803. The number of aliphatic imine (C=N–C) groups is 1. The molecular weight excluding hydrogens is 246 g/mol. The van der Waals surface area contributed by atoms with Crippen LogP contribution in [0.25, 0.3) is 0 Å². The molecule has 2 aromatic rings. The van der Waals surface area contributed by atoms with Gasteiger partial charge in [-0.3, -0.25) is 4.99 Å². The maximum Gasteiger partial charge on any atom is 0.191 e. The fraction of sp³-hybridized carbons (Fsp3) is 0.308. The quantitative estimate of drug-likeness (QED) is 0.642. The predicted octanol–water partition coefficient (Wildman–Crippen LogP) is 2.25. The van der Waals surface area contributed by atoms with Gasteiger partial charge in [-0.25, -0.2) is 0 Å². The Balaban J connectivity index is 1.69. The highest BCUT2D eigenvalue weighted by atomic mass is 32.1. The Kier molecular flexibility index (Phi) is 4.84. The van der Waals surface area contributed by atoms with Gasteiger partial charge < -0.3 is 15.1 Å². The second-order valence-corrected chi connectivity index (χ2v) is 4.79. The van der Waals surface area contributed by atoms with Crippen molar-refractivity contribution >= 4 is 17.3 Å². The van der Waals surface area contributed by atoms with Crippen LogP contribution in [0.2, 0.25) is 0 Å². The number of thiophene rings is 1. The lowest BCUT2D eigenvalue weighted by Crippen LogP contribution is -2.37. The average Bonchev–Trinajstić information content (AvgIpc) is 3.06. The minimum Gasteiger partial charge on any atom is -0.469 e. The Bertz CT molecular complexity index is 462. The molecule has 0 radical (unpaired) electrons. The van der Waals surface area contributed by atoms with Gasteiger partial charge in [0.1, 0.15) is 5.76 Å². The summed E-state index contributed by atoms with van der Waals surface area (Å²) in [4.78, 5) is 5.47. The number of furan rings is 1. The van der Waals surface area contributed by atoms with E-state index in [1.54, 1.807) is 24.6 Å². The molecule has 0 aliphatic heterocycles. The summed E-state index contributed by atoms with van der Waals surface area (Å²) >= 11 is 1.74. The third-order valence-corrected chi connectivity index (χ3v) is 3.35. The maximum absolute atomic E-state index is 5.27. The highest BCUT2D eigenvalue weighted by Crippen LogP contribution is 2.07. The predicted molar refractivity (Wildman–Crippen MR) is 74.9 cm³/mol. The topological polar surface area (TPSA) is 49.6 Å². The van der Waals surface area contributed by atoms with Crippen molar-refractivity contribution in [2.75, 3.05) is 13.6 Å². The fourth-order valence-electron chi connectivity index (χ4n) is 1.56. The Morgan fingerprint density at radius 1 is 1.33 bits per heavy atom. The van der Waals surface area contributed by atoms with Crippen molar-refractivity contribution in [3.8, 4) is 0 Å². The lowest BCUT2D eigenvalue weighted by molar-refractivity contribution is 0.507. The summed E-state index contributed by atoms with van der Waals surface area (Å²) in [6.07, 6.45) is 2.55. The molecule has 2 rings (SSSR count). The first-order chi connectivity index (χ1) is 8.88. The van der Waals surface area contributed by atoms with Crippen LogP contribution in [0.4, 0.5) is 0 Å². The van der Waals surface area contributed by atoms with Crippen LogP contribution in [-0.4, -0.2) is 19.6 Å². The molecule has 5 heteroatoms. The van der Waals surface area contributed by atoms with E-state index in [-0.39, 0.29) is 0 Å². The van der Waals surface area contributed by atoms with Crippen molar-refractivity contribution in [2.24, 2.45) is 4.99 Å². The van der Waals surface area contributed by atoms with Crippen LogP contribution in [0.5, 0.6) is 0 Å². The zero-order valence-corrected chi connectivity index (χ0v) is 11.2. The van der Waals surface area contributed by atoms with Gasteiger partial charge in [0.05, 0.1) is 12.8 Å². The number of hydrogen-bond acceptors (Lipinski definition) is 3.